The Balaban J connectivity index is 1.84. The van der Waals surface area contributed by atoms with Gasteiger partial charge in [-0.2, -0.15) is 4.98 Å². The SMILES string of the molecule is CC(C)NCc1coc(N(C)CCc2ccccc2)n1. The van der Waals surface area contributed by atoms with E-state index in [9.17, 15) is 0 Å². The molecule has 0 spiro atoms. The number of benzene rings is 1. The van der Waals surface area contributed by atoms with Crippen LogP contribution < -0.4 is 10.2 Å². The van der Waals surface area contributed by atoms with E-state index < -0.39 is 0 Å². The summed E-state index contributed by atoms with van der Waals surface area (Å²) in [5.41, 5.74) is 2.27. The molecule has 0 amide bonds. The van der Waals surface area contributed by atoms with Crippen molar-refractivity contribution in [3.63, 3.8) is 0 Å². The Morgan fingerprint density at radius 3 is 2.70 bits per heavy atom. The van der Waals surface area contributed by atoms with Gasteiger partial charge < -0.3 is 14.6 Å². The van der Waals surface area contributed by atoms with Gasteiger partial charge in [-0.15, -0.1) is 0 Å². The molecule has 2 rings (SSSR count). The van der Waals surface area contributed by atoms with Gasteiger partial charge in [0.25, 0.3) is 6.01 Å². The van der Waals surface area contributed by atoms with E-state index in [0.29, 0.717) is 12.1 Å². The van der Waals surface area contributed by atoms with Crippen LogP contribution in [0.5, 0.6) is 0 Å². The topological polar surface area (TPSA) is 41.3 Å². The fourth-order valence-corrected chi connectivity index (χ4v) is 1.90. The Morgan fingerprint density at radius 2 is 2.00 bits per heavy atom. The molecule has 0 unspecified atom stereocenters. The summed E-state index contributed by atoms with van der Waals surface area (Å²) in [5, 5.41) is 3.33. The molecule has 0 atom stereocenters. The molecule has 0 aliphatic carbocycles. The number of hydrogen-bond acceptors (Lipinski definition) is 4. The molecule has 0 radical (unpaired) electrons. The molecule has 0 saturated carbocycles. The second-order valence-electron chi connectivity index (χ2n) is 5.31. The number of oxazole rings is 1. The molecule has 4 heteroatoms. The van der Waals surface area contributed by atoms with Crippen LogP contribution >= 0.6 is 0 Å². The van der Waals surface area contributed by atoms with E-state index >= 15 is 0 Å². The smallest absolute Gasteiger partial charge is 0.297 e. The van der Waals surface area contributed by atoms with E-state index in [1.54, 1.807) is 6.26 Å². The highest BCUT2D eigenvalue weighted by Gasteiger charge is 2.09. The zero-order valence-corrected chi connectivity index (χ0v) is 12.5. The maximum Gasteiger partial charge on any atom is 0.297 e. The molecule has 4 nitrogen and oxygen atoms in total. The van der Waals surface area contributed by atoms with E-state index in [4.69, 9.17) is 4.42 Å². The molecule has 1 N–H and O–H groups in total. The fraction of sp³-hybridized carbons (Fsp3) is 0.438. The van der Waals surface area contributed by atoms with Gasteiger partial charge in [-0.1, -0.05) is 44.2 Å². The van der Waals surface area contributed by atoms with E-state index in [1.807, 2.05) is 18.0 Å². The van der Waals surface area contributed by atoms with Crippen molar-refractivity contribution in [2.24, 2.45) is 0 Å². The molecule has 0 saturated heterocycles. The summed E-state index contributed by atoms with van der Waals surface area (Å²) in [7, 11) is 2.01. The zero-order valence-electron chi connectivity index (χ0n) is 12.5. The highest BCUT2D eigenvalue weighted by molar-refractivity contribution is 5.26. The van der Waals surface area contributed by atoms with Gasteiger partial charge in [0.1, 0.15) is 6.26 Å². The molecule has 20 heavy (non-hydrogen) atoms. The summed E-state index contributed by atoms with van der Waals surface area (Å²) in [6.07, 6.45) is 2.71. The molecule has 0 aliphatic rings. The molecule has 108 valence electrons. The second kappa shape index (κ2) is 7.10. The lowest BCUT2D eigenvalue weighted by molar-refractivity contribution is 0.540. The lowest BCUT2D eigenvalue weighted by Gasteiger charge is -2.14. The monoisotopic (exact) mass is 273 g/mol. The Kier molecular flexibility index (Phi) is 5.18. The van der Waals surface area contributed by atoms with Crippen LogP contribution in [0.4, 0.5) is 6.01 Å². The summed E-state index contributed by atoms with van der Waals surface area (Å²) < 4.78 is 5.52. The fourth-order valence-electron chi connectivity index (χ4n) is 1.90. The largest absolute Gasteiger partial charge is 0.432 e. The molecular formula is C16H23N3O. The average Bonchev–Trinajstić information content (AvgIpc) is 2.92. The third-order valence-corrected chi connectivity index (χ3v) is 3.14. The van der Waals surface area contributed by atoms with E-state index in [1.165, 1.54) is 5.56 Å². The van der Waals surface area contributed by atoms with Crippen molar-refractivity contribution in [2.75, 3.05) is 18.5 Å². The molecule has 0 bridgehead atoms. The van der Waals surface area contributed by atoms with Gasteiger partial charge >= 0.3 is 0 Å². The van der Waals surface area contributed by atoms with Gasteiger partial charge in [0, 0.05) is 26.2 Å². The predicted molar refractivity (Wildman–Crippen MR) is 81.9 cm³/mol. The van der Waals surface area contributed by atoms with Crippen LogP contribution in [0.3, 0.4) is 0 Å². The molecule has 1 aromatic heterocycles. The quantitative estimate of drug-likeness (QED) is 0.842. The minimum absolute atomic E-state index is 0.450. The van der Waals surface area contributed by atoms with Gasteiger partial charge in [-0.25, -0.2) is 0 Å². The van der Waals surface area contributed by atoms with E-state index in [2.05, 4.69) is 48.4 Å². The van der Waals surface area contributed by atoms with Gasteiger partial charge in [0.05, 0.1) is 5.69 Å². The lowest BCUT2D eigenvalue weighted by atomic mass is 10.1. The number of aromatic nitrogens is 1. The Labute approximate surface area is 120 Å². The minimum Gasteiger partial charge on any atom is -0.432 e. The number of anilines is 1. The lowest BCUT2D eigenvalue weighted by Crippen LogP contribution is -2.23. The minimum atomic E-state index is 0.450. The standard InChI is InChI=1S/C16H23N3O/c1-13(2)17-11-15-12-20-16(18-15)19(3)10-9-14-7-5-4-6-8-14/h4-8,12-13,17H,9-11H2,1-3H3. The Morgan fingerprint density at radius 1 is 1.25 bits per heavy atom. The second-order valence-corrected chi connectivity index (χ2v) is 5.31. The zero-order chi connectivity index (χ0) is 14.4. The Hall–Kier alpha value is -1.81. The third kappa shape index (κ3) is 4.38. The van der Waals surface area contributed by atoms with Crippen LogP contribution in [0.25, 0.3) is 0 Å². The van der Waals surface area contributed by atoms with Gasteiger partial charge in [0.15, 0.2) is 0 Å². The van der Waals surface area contributed by atoms with Crippen molar-refractivity contribution >= 4 is 6.01 Å². The molecule has 1 aromatic carbocycles. The first kappa shape index (κ1) is 14.6. The summed E-state index contributed by atoms with van der Waals surface area (Å²) in [6.45, 7) is 5.87. The number of rotatable bonds is 7. The molecule has 2 aromatic rings. The van der Waals surface area contributed by atoms with Crippen molar-refractivity contribution in [1.29, 1.82) is 0 Å². The third-order valence-electron chi connectivity index (χ3n) is 3.14. The molecule has 0 fully saturated rings. The van der Waals surface area contributed by atoms with Crippen LogP contribution in [0.1, 0.15) is 25.1 Å². The maximum absolute atomic E-state index is 5.52. The first-order valence-corrected chi connectivity index (χ1v) is 7.08. The molecule has 0 aliphatic heterocycles. The number of nitrogens with zero attached hydrogens (tertiary/aromatic N) is 2. The van der Waals surface area contributed by atoms with Gasteiger partial charge in [0.2, 0.25) is 0 Å². The summed E-state index contributed by atoms with van der Waals surface area (Å²) in [5.74, 6) is 0. The van der Waals surface area contributed by atoms with Crippen molar-refractivity contribution in [3.05, 3.63) is 47.9 Å². The van der Waals surface area contributed by atoms with Crippen LogP contribution in [0, 0.1) is 0 Å². The predicted octanol–water partition coefficient (Wildman–Crippen LogP) is 2.85. The van der Waals surface area contributed by atoms with Gasteiger partial charge in [-0.05, 0) is 12.0 Å². The highest BCUT2D eigenvalue weighted by Crippen LogP contribution is 2.13. The average molecular weight is 273 g/mol. The van der Waals surface area contributed by atoms with E-state index in [-0.39, 0.29) is 0 Å². The first-order chi connectivity index (χ1) is 9.65. The first-order valence-electron chi connectivity index (χ1n) is 7.08. The van der Waals surface area contributed by atoms with Crippen LogP contribution in [-0.4, -0.2) is 24.6 Å². The number of hydrogen-bond donors (Lipinski definition) is 1. The van der Waals surface area contributed by atoms with Crippen molar-refractivity contribution in [3.8, 4) is 0 Å². The number of likely N-dealkylation sites (N-methyl/N-ethyl adjacent to an activating group) is 1. The van der Waals surface area contributed by atoms with Crippen LogP contribution in [0.2, 0.25) is 0 Å². The maximum atomic E-state index is 5.52. The summed E-state index contributed by atoms with van der Waals surface area (Å²) in [6, 6.07) is 11.6. The van der Waals surface area contributed by atoms with Crippen molar-refractivity contribution in [1.82, 2.24) is 10.3 Å². The summed E-state index contributed by atoms with van der Waals surface area (Å²) in [4.78, 5) is 6.54. The van der Waals surface area contributed by atoms with Crippen LogP contribution in [-0.2, 0) is 13.0 Å². The highest BCUT2D eigenvalue weighted by atomic mass is 16.4. The van der Waals surface area contributed by atoms with E-state index in [0.717, 1.165) is 25.2 Å². The molecular weight excluding hydrogens is 250 g/mol. The van der Waals surface area contributed by atoms with Crippen molar-refractivity contribution < 1.29 is 4.42 Å². The molecule has 1 heterocycles. The van der Waals surface area contributed by atoms with Gasteiger partial charge in [-0.3, -0.25) is 0 Å². The number of nitrogens with one attached hydrogen (secondary N) is 1. The normalized spacial score (nSPS) is 11.0. The van der Waals surface area contributed by atoms with Crippen molar-refractivity contribution in [2.45, 2.75) is 32.9 Å². The van der Waals surface area contributed by atoms with Crippen LogP contribution in [0.15, 0.2) is 41.0 Å². The summed E-state index contributed by atoms with van der Waals surface area (Å²) >= 11 is 0. The Bertz CT molecular complexity index is 507.